The van der Waals surface area contributed by atoms with Gasteiger partial charge in [0.05, 0.1) is 6.54 Å². The highest BCUT2D eigenvalue weighted by atomic mass is 35.5. The molecule has 0 atom stereocenters. The maximum atomic E-state index is 11.9. The lowest BCUT2D eigenvalue weighted by molar-refractivity contribution is -0.127. The molecule has 1 aromatic carbocycles. The number of aromatic nitrogens is 1. The van der Waals surface area contributed by atoms with Crippen molar-refractivity contribution in [2.75, 3.05) is 20.6 Å². The molecule has 0 aliphatic carbocycles. The first kappa shape index (κ1) is 15.5. The first-order valence-electron chi connectivity index (χ1n) is 6.17. The van der Waals surface area contributed by atoms with Crippen LogP contribution in [0.15, 0.2) is 29.6 Å². The molecule has 0 fully saturated rings. The van der Waals surface area contributed by atoms with E-state index in [0.717, 1.165) is 10.6 Å². The summed E-state index contributed by atoms with van der Waals surface area (Å²) in [6.45, 7) is -0.0420. The van der Waals surface area contributed by atoms with Crippen LogP contribution in [0.5, 0.6) is 0 Å². The van der Waals surface area contributed by atoms with Crippen LogP contribution in [0.2, 0.25) is 5.02 Å². The summed E-state index contributed by atoms with van der Waals surface area (Å²) < 4.78 is 0. The van der Waals surface area contributed by atoms with Gasteiger partial charge < -0.3 is 10.2 Å². The number of carbonyl (C=O) groups is 2. The molecule has 110 valence electrons. The lowest BCUT2D eigenvalue weighted by Crippen LogP contribution is -2.36. The van der Waals surface area contributed by atoms with Crippen molar-refractivity contribution in [3.8, 4) is 10.6 Å². The van der Waals surface area contributed by atoms with Crippen LogP contribution in [0.3, 0.4) is 0 Å². The van der Waals surface area contributed by atoms with Gasteiger partial charge in [0.2, 0.25) is 5.91 Å². The number of rotatable bonds is 4. The van der Waals surface area contributed by atoms with Gasteiger partial charge in [0, 0.05) is 30.1 Å². The monoisotopic (exact) mass is 323 g/mol. The fourth-order valence-corrected chi connectivity index (χ4v) is 2.44. The van der Waals surface area contributed by atoms with Gasteiger partial charge in [0.25, 0.3) is 5.91 Å². The SMILES string of the molecule is CN(C)C(=O)CNC(=O)c1csc(-c2ccc(Cl)cc2)n1. The second kappa shape index (κ2) is 6.69. The maximum Gasteiger partial charge on any atom is 0.271 e. The number of likely N-dealkylation sites (N-methyl/N-ethyl adjacent to an activating group) is 1. The molecule has 1 N–H and O–H groups in total. The molecular formula is C14H14ClN3O2S. The van der Waals surface area contributed by atoms with E-state index in [1.807, 2.05) is 12.1 Å². The summed E-state index contributed by atoms with van der Waals surface area (Å²) in [6.07, 6.45) is 0. The molecule has 5 nitrogen and oxygen atoms in total. The van der Waals surface area contributed by atoms with Crippen molar-refractivity contribution in [2.24, 2.45) is 0 Å². The van der Waals surface area contributed by atoms with Gasteiger partial charge in [-0.2, -0.15) is 0 Å². The zero-order valence-corrected chi connectivity index (χ0v) is 13.2. The first-order valence-corrected chi connectivity index (χ1v) is 7.43. The van der Waals surface area contributed by atoms with Gasteiger partial charge in [-0.1, -0.05) is 23.7 Å². The number of hydrogen-bond acceptors (Lipinski definition) is 4. The summed E-state index contributed by atoms with van der Waals surface area (Å²) in [6, 6.07) is 7.23. The summed E-state index contributed by atoms with van der Waals surface area (Å²) in [7, 11) is 3.27. The summed E-state index contributed by atoms with van der Waals surface area (Å²) in [4.78, 5) is 29.0. The quantitative estimate of drug-likeness (QED) is 0.939. The van der Waals surface area contributed by atoms with E-state index in [1.54, 1.807) is 31.6 Å². The third kappa shape index (κ3) is 4.03. The number of amides is 2. The minimum Gasteiger partial charge on any atom is -0.347 e. The smallest absolute Gasteiger partial charge is 0.271 e. The van der Waals surface area contributed by atoms with Gasteiger partial charge in [0.1, 0.15) is 10.7 Å². The highest BCUT2D eigenvalue weighted by Gasteiger charge is 2.13. The van der Waals surface area contributed by atoms with E-state index < -0.39 is 0 Å². The third-order valence-electron chi connectivity index (χ3n) is 2.73. The zero-order valence-electron chi connectivity index (χ0n) is 11.6. The molecule has 0 aliphatic rings. The fraction of sp³-hybridized carbons (Fsp3) is 0.214. The Morgan fingerprint density at radius 2 is 1.95 bits per heavy atom. The Morgan fingerprint density at radius 1 is 1.29 bits per heavy atom. The third-order valence-corrected chi connectivity index (χ3v) is 3.87. The molecule has 7 heteroatoms. The van der Waals surface area contributed by atoms with Crippen molar-refractivity contribution in [3.63, 3.8) is 0 Å². The number of benzene rings is 1. The topological polar surface area (TPSA) is 62.3 Å². The lowest BCUT2D eigenvalue weighted by atomic mass is 10.2. The number of nitrogens with zero attached hydrogens (tertiary/aromatic N) is 2. The number of nitrogens with one attached hydrogen (secondary N) is 1. The van der Waals surface area contributed by atoms with Gasteiger partial charge in [-0.05, 0) is 12.1 Å². The van der Waals surface area contributed by atoms with Crippen LogP contribution < -0.4 is 5.32 Å². The normalized spacial score (nSPS) is 10.2. The minimum absolute atomic E-state index is 0.0420. The van der Waals surface area contributed by atoms with Crippen LogP contribution in [0.1, 0.15) is 10.5 Å². The second-order valence-corrected chi connectivity index (χ2v) is 5.81. The number of halogens is 1. The molecule has 0 saturated carbocycles. The first-order chi connectivity index (χ1) is 9.97. The molecule has 1 heterocycles. The van der Waals surface area contributed by atoms with Crippen molar-refractivity contribution < 1.29 is 9.59 Å². The van der Waals surface area contributed by atoms with Crippen molar-refractivity contribution >= 4 is 34.8 Å². The minimum atomic E-state index is -0.360. The molecule has 0 spiro atoms. The number of hydrogen-bond donors (Lipinski definition) is 1. The Labute approximate surface area is 131 Å². The van der Waals surface area contributed by atoms with E-state index in [-0.39, 0.29) is 18.4 Å². The average molecular weight is 324 g/mol. The maximum absolute atomic E-state index is 11.9. The highest BCUT2D eigenvalue weighted by molar-refractivity contribution is 7.13. The molecule has 2 aromatic rings. The molecule has 0 aliphatic heterocycles. The average Bonchev–Trinajstić information content (AvgIpc) is 2.94. The van der Waals surface area contributed by atoms with Gasteiger partial charge in [-0.15, -0.1) is 11.3 Å². The van der Waals surface area contributed by atoms with Crippen LogP contribution in [0.25, 0.3) is 10.6 Å². The van der Waals surface area contributed by atoms with Crippen LogP contribution in [-0.2, 0) is 4.79 Å². The van der Waals surface area contributed by atoms with Crippen molar-refractivity contribution in [1.29, 1.82) is 0 Å². The molecule has 21 heavy (non-hydrogen) atoms. The molecular weight excluding hydrogens is 310 g/mol. The summed E-state index contributed by atoms with van der Waals surface area (Å²) in [5, 5.41) is 5.59. The Balaban J connectivity index is 2.04. The molecule has 2 amide bonds. The summed E-state index contributed by atoms with van der Waals surface area (Å²) >= 11 is 7.20. The van der Waals surface area contributed by atoms with Crippen LogP contribution >= 0.6 is 22.9 Å². The predicted octanol–water partition coefficient (Wildman–Crippen LogP) is 2.28. The second-order valence-electron chi connectivity index (χ2n) is 4.52. The van der Waals surface area contributed by atoms with Gasteiger partial charge in [0.15, 0.2) is 0 Å². The number of thiazole rings is 1. The number of carbonyl (C=O) groups excluding carboxylic acids is 2. The molecule has 0 radical (unpaired) electrons. The van der Waals surface area contributed by atoms with Crippen LogP contribution in [-0.4, -0.2) is 42.3 Å². The largest absolute Gasteiger partial charge is 0.347 e. The lowest BCUT2D eigenvalue weighted by Gasteiger charge is -2.10. The van der Waals surface area contributed by atoms with Crippen LogP contribution in [0, 0.1) is 0 Å². The van der Waals surface area contributed by atoms with E-state index in [0.29, 0.717) is 10.7 Å². The zero-order chi connectivity index (χ0) is 15.4. The summed E-state index contributed by atoms with van der Waals surface area (Å²) in [5.74, 6) is -0.529. The van der Waals surface area contributed by atoms with Gasteiger partial charge >= 0.3 is 0 Å². The van der Waals surface area contributed by atoms with Crippen LogP contribution in [0.4, 0.5) is 0 Å². The van der Waals surface area contributed by atoms with E-state index >= 15 is 0 Å². The molecule has 0 unspecified atom stereocenters. The van der Waals surface area contributed by atoms with E-state index in [9.17, 15) is 9.59 Å². The van der Waals surface area contributed by atoms with E-state index in [4.69, 9.17) is 11.6 Å². The fourth-order valence-electron chi connectivity index (χ4n) is 1.51. The molecule has 0 saturated heterocycles. The Hall–Kier alpha value is -1.92. The summed E-state index contributed by atoms with van der Waals surface area (Å²) in [5.41, 5.74) is 1.20. The van der Waals surface area contributed by atoms with Crippen molar-refractivity contribution in [1.82, 2.24) is 15.2 Å². The van der Waals surface area contributed by atoms with E-state index in [2.05, 4.69) is 10.3 Å². The van der Waals surface area contributed by atoms with E-state index in [1.165, 1.54) is 16.2 Å². The molecule has 1 aromatic heterocycles. The van der Waals surface area contributed by atoms with Crippen molar-refractivity contribution in [2.45, 2.75) is 0 Å². The van der Waals surface area contributed by atoms with Gasteiger partial charge in [-0.3, -0.25) is 9.59 Å². The molecule has 2 rings (SSSR count). The standard InChI is InChI=1S/C14H14ClN3O2S/c1-18(2)12(19)7-16-13(20)11-8-21-14(17-11)9-3-5-10(15)6-4-9/h3-6,8H,7H2,1-2H3,(H,16,20). The Morgan fingerprint density at radius 3 is 2.57 bits per heavy atom. The molecule has 0 bridgehead atoms. The Bertz CT molecular complexity index is 652. The van der Waals surface area contributed by atoms with Gasteiger partial charge in [-0.25, -0.2) is 4.98 Å². The predicted molar refractivity (Wildman–Crippen MR) is 83.6 cm³/mol. The Kier molecular flexibility index (Phi) is 4.93. The van der Waals surface area contributed by atoms with Crippen molar-refractivity contribution in [3.05, 3.63) is 40.4 Å². The highest BCUT2D eigenvalue weighted by Crippen LogP contribution is 2.24.